The molecule has 2 aliphatic rings. The van der Waals surface area contributed by atoms with Crippen molar-refractivity contribution in [2.24, 2.45) is 0 Å². The number of ether oxygens (including phenoxy) is 2. The Morgan fingerprint density at radius 3 is 2.64 bits per heavy atom. The average molecular weight is 552 g/mol. The molecule has 0 radical (unpaired) electrons. The van der Waals surface area contributed by atoms with Crippen LogP contribution in [0.2, 0.25) is 0 Å². The normalized spacial score (nSPS) is 20.7. The van der Waals surface area contributed by atoms with Crippen molar-refractivity contribution >= 4 is 22.5 Å². The number of piperidine rings is 1. The second kappa shape index (κ2) is 9.90. The third kappa shape index (κ3) is 4.54. The zero-order valence-corrected chi connectivity index (χ0v) is 21.2. The molecule has 2 saturated heterocycles. The van der Waals surface area contributed by atoms with Crippen molar-refractivity contribution in [1.82, 2.24) is 29.0 Å². The molecule has 0 spiro atoms. The number of aromatic nitrogens is 5. The smallest absolute Gasteiger partial charge is 0.256 e. The summed E-state index contributed by atoms with van der Waals surface area (Å²) in [5, 5.41) is 7.31. The quantitative estimate of drug-likeness (QED) is 0.350. The van der Waals surface area contributed by atoms with Crippen LogP contribution in [0.15, 0.2) is 18.3 Å². The first-order valence-corrected chi connectivity index (χ1v) is 12.5. The Morgan fingerprint density at radius 2 is 1.97 bits per heavy atom. The molecule has 3 aromatic heterocycles. The van der Waals surface area contributed by atoms with Crippen molar-refractivity contribution in [2.45, 2.75) is 44.6 Å². The number of hydrogen-bond donors (Lipinski definition) is 1. The maximum absolute atomic E-state index is 15.4. The second-order valence-corrected chi connectivity index (χ2v) is 9.82. The number of nitrogens with one attached hydrogen (secondary N) is 1. The predicted molar refractivity (Wildman–Crippen MR) is 132 cm³/mol. The molecule has 4 aromatic rings. The number of benzene rings is 1. The molecule has 0 amide bonds. The van der Waals surface area contributed by atoms with Gasteiger partial charge in [0.1, 0.15) is 23.0 Å². The van der Waals surface area contributed by atoms with Gasteiger partial charge in [-0.25, -0.2) is 31.5 Å². The maximum Gasteiger partial charge on any atom is 0.256 e. The number of alkyl halides is 3. The predicted octanol–water partition coefficient (Wildman–Crippen LogP) is 3.83. The van der Waals surface area contributed by atoms with Crippen LogP contribution in [0.25, 0.3) is 27.7 Å². The first-order chi connectivity index (χ1) is 18.7. The van der Waals surface area contributed by atoms with Crippen LogP contribution in [0, 0.1) is 18.6 Å². The lowest BCUT2D eigenvalue weighted by Gasteiger charge is -2.42. The van der Waals surface area contributed by atoms with Crippen LogP contribution in [0.4, 0.5) is 27.9 Å². The molecule has 1 aromatic carbocycles. The fourth-order valence-corrected chi connectivity index (χ4v) is 5.33. The molecule has 6 rings (SSSR count). The van der Waals surface area contributed by atoms with Crippen LogP contribution in [0.1, 0.15) is 12.2 Å². The van der Waals surface area contributed by atoms with E-state index in [9.17, 15) is 13.2 Å². The summed E-state index contributed by atoms with van der Waals surface area (Å²) in [6.07, 6.45) is -2.28. The van der Waals surface area contributed by atoms with Crippen molar-refractivity contribution in [3.8, 4) is 17.0 Å². The van der Waals surface area contributed by atoms with Gasteiger partial charge in [-0.3, -0.25) is 4.90 Å². The number of likely N-dealkylation sites (tertiary alicyclic amines) is 1. The minimum atomic E-state index is -2.69. The molecule has 2 fully saturated rings. The fraction of sp³-hybridized carbons (Fsp3) is 0.480. The Labute approximate surface area is 219 Å². The van der Waals surface area contributed by atoms with E-state index in [1.54, 1.807) is 0 Å². The third-order valence-electron chi connectivity index (χ3n) is 7.38. The van der Waals surface area contributed by atoms with Gasteiger partial charge in [0.15, 0.2) is 11.6 Å². The monoisotopic (exact) mass is 551 g/mol. The summed E-state index contributed by atoms with van der Waals surface area (Å²) in [4.78, 5) is 10.5. The minimum Gasteiger partial charge on any atom is -0.479 e. The minimum absolute atomic E-state index is 0.0244. The fourth-order valence-electron chi connectivity index (χ4n) is 5.33. The van der Waals surface area contributed by atoms with Crippen molar-refractivity contribution in [3.63, 3.8) is 0 Å². The highest BCUT2D eigenvalue weighted by molar-refractivity contribution is 5.90. The first-order valence-electron chi connectivity index (χ1n) is 12.5. The summed E-state index contributed by atoms with van der Waals surface area (Å²) in [5.41, 5.74) is 0.128. The van der Waals surface area contributed by atoms with Gasteiger partial charge in [0.25, 0.3) is 6.43 Å². The van der Waals surface area contributed by atoms with Crippen molar-refractivity contribution in [1.29, 1.82) is 0 Å². The van der Waals surface area contributed by atoms with Gasteiger partial charge in [-0.2, -0.15) is 4.98 Å². The van der Waals surface area contributed by atoms with Gasteiger partial charge in [-0.1, -0.05) is 0 Å². The van der Waals surface area contributed by atoms with Gasteiger partial charge in [-0.15, -0.1) is 5.10 Å². The zero-order chi connectivity index (χ0) is 27.4. The molecule has 5 heterocycles. The topological polar surface area (TPSA) is 81.7 Å². The van der Waals surface area contributed by atoms with Gasteiger partial charge in [0.05, 0.1) is 56.2 Å². The summed E-state index contributed by atoms with van der Waals surface area (Å²) in [6.45, 7) is 2.96. The van der Waals surface area contributed by atoms with Crippen molar-refractivity contribution < 1.29 is 31.4 Å². The molecule has 0 saturated carbocycles. The van der Waals surface area contributed by atoms with Gasteiger partial charge in [0.2, 0.25) is 11.8 Å². The number of anilines is 1. The molecular formula is C25H26F5N7O2. The number of halogens is 5. The molecule has 0 bridgehead atoms. The van der Waals surface area contributed by atoms with E-state index in [1.807, 2.05) is 0 Å². The Hall–Kier alpha value is -3.52. The lowest BCUT2D eigenvalue weighted by Crippen LogP contribution is -2.57. The highest BCUT2D eigenvalue weighted by atomic mass is 19.3. The van der Waals surface area contributed by atoms with E-state index in [0.717, 1.165) is 12.3 Å². The lowest BCUT2D eigenvalue weighted by atomic mass is 10.0. The molecule has 9 nitrogen and oxygen atoms in total. The molecule has 14 heteroatoms. The molecular weight excluding hydrogens is 525 g/mol. The molecule has 0 aliphatic carbocycles. The molecule has 208 valence electrons. The van der Waals surface area contributed by atoms with E-state index in [1.165, 1.54) is 29.2 Å². The number of imidazole rings is 1. The number of rotatable bonds is 7. The summed E-state index contributed by atoms with van der Waals surface area (Å²) in [6, 6.07) is 2.17. The molecule has 2 atom stereocenters. The SMILES string of the molecule is COc1nc(N[C@H]2CCN(C3COC3)C[C@H]2F)nn2cc(F)c(-c3cc(F)c4nc(C)n(CC(F)F)c4c3)c12. The molecule has 0 unspecified atom stereocenters. The standard InChI is InChI=1S/C25H26F5N7O2/c1-12-31-22-15(26)5-13(6-19(22)36(12)9-20(29)30)21-17(28)8-37-23(21)24(38-2)33-25(34-37)32-18-3-4-35(7-16(18)27)14-10-39-11-14/h5-6,8,14,16,18,20H,3-4,7,9-11H2,1-2H3,(H,32,34)/t16-,18+/m1/s1. The van der Waals surface area contributed by atoms with E-state index >= 15 is 8.78 Å². The summed E-state index contributed by atoms with van der Waals surface area (Å²) in [5.74, 6) is -1.32. The summed E-state index contributed by atoms with van der Waals surface area (Å²) >= 11 is 0. The molecule has 2 aliphatic heterocycles. The van der Waals surface area contributed by atoms with Crippen LogP contribution in [0.3, 0.4) is 0 Å². The Bertz CT molecular complexity index is 1540. The van der Waals surface area contributed by atoms with E-state index < -0.39 is 36.8 Å². The van der Waals surface area contributed by atoms with E-state index in [2.05, 4.69) is 25.3 Å². The first kappa shape index (κ1) is 25.7. The Balaban J connectivity index is 1.36. The molecule has 39 heavy (non-hydrogen) atoms. The number of aryl methyl sites for hydroxylation is 1. The third-order valence-corrected chi connectivity index (χ3v) is 7.38. The van der Waals surface area contributed by atoms with Gasteiger partial charge >= 0.3 is 0 Å². The zero-order valence-electron chi connectivity index (χ0n) is 21.2. The van der Waals surface area contributed by atoms with Crippen LogP contribution < -0.4 is 10.1 Å². The van der Waals surface area contributed by atoms with Crippen LogP contribution in [-0.2, 0) is 11.3 Å². The second-order valence-electron chi connectivity index (χ2n) is 9.82. The summed E-state index contributed by atoms with van der Waals surface area (Å²) < 4.78 is 84.7. The van der Waals surface area contributed by atoms with Crippen LogP contribution >= 0.6 is 0 Å². The lowest BCUT2D eigenvalue weighted by molar-refractivity contribution is -0.0794. The number of fused-ring (bicyclic) bond motifs is 2. The van der Waals surface area contributed by atoms with Crippen molar-refractivity contribution in [3.05, 3.63) is 35.8 Å². The maximum atomic E-state index is 15.4. The number of methoxy groups -OCH3 is 1. The number of hydrogen-bond acceptors (Lipinski definition) is 7. The van der Waals surface area contributed by atoms with E-state index in [4.69, 9.17) is 9.47 Å². The highest BCUT2D eigenvalue weighted by Gasteiger charge is 2.36. The largest absolute Gasteiger partial charge is 0.479 e. The van der Waals surface area contributed by atoms with E-state index in [0.29, 0.717) is 26.2 Å². The van der Waals surface area contributed by atoms with E-state index in [-0.39, 0.29) is 57.9 Å². The molecule has 1 N–H and O–H groups in total. The van der Waals surface area contributed by atoms with Gasteiger partial charge in [-0.05, 0) is 31.0 Å². The van der Waals surface area contributed by atoms with Crippen LogP contribution in [0.5, 0.6) is 5.88 Å². The Kier molecular flexibility index (Phi) is 6.53. The van der Waals surface area contributed by atoms with Gasteiger partial charge < -0.3 is 19.4 Å². The average Bonchev–Trinajstić information content (AvgIpc) is 3.35. The Morgan fingerprint density at radius 1 is 1.18 bits per heavy atom. The van der Waals surface area contributed by atoms with Crippen molar-refractivity contribution in [2.75, 3.05) is 38.7 Å². The summed E-state index contributed by atoms with van der Waals surface area (Å²) in [7, 11) is 1.34. The highest BCUT2D eigenvalue weighted by Crippen LogP contribution is 2.37. The number of nitrogens with zero attached hydrogens (tertiary/aromatic N) is 6. The van der Waals surface area contributed by atoms with Gasteiger partial charge in [0, 0.05) is 13.1 Å². The van der Waals surface area contributed by atoms with Crippen LogP contribution in [-0.4, -0.2) is 87.1 Å².